The Balaban J connectivity index is 1.70. The molecule has 3 aliphatic rings. The summed E-state index contributed by atoms with van der Waals surface area (Å²) < 4.78 is 0. The van der Waals surface area contributed by atoms with Gasteiger partial charge in [-0.25, -0.2) is 0 Å². The third-order valence-electron chi connectivity index (χ3n) is 4.66. The number of aliphatic hydroxyl groups is 2. The van der Waals surface area contributed by atoms with Crippen molar-refractivity contribution in [2.75, 3.05) is 19.6 Å². The normalized spacial score (nSPS) is 26.7. The summed E-state index contributed by atoms with van der Waals surface area (Å²) in [6.07, 6.45) is 19.0. The zero-order valence-electron chi connectivity index (χ0n) is 15.1. The van der Waals surface area contributed by atoms with E-state index in [2.05, 4.69) is 39.8 Å². The van der Waals surface area contributed by atoms with E-state index in [0.717, 1.165) is 6.54 Å². The van der Waals surface area contributed by atoms with Crippen molar-refractivity contribution in [3.05, 3.63) is 60.8 Å². The topological polar surface area (TPSA) is 80.1 Å². The highest BCUT2D eigenvalue weighted by Crippen LogP contribution is 2.26. The van der Waals surface area contributed by atoms with Crippen LogP contribution in [-0.2, 0) is 0 Å². The fourth-order valence-electron chi connectivity index (χ4n) is 3.39. The Morgan fingerprint density at radius 1 is 1.00 bits per heavy atom. The molecule has 2 aliphatic carbocycles. The molecule has 0 aromatic carbocycles. The summed E-state index contributed by atoms with van der Waals surface area (Å²) in [5, 5.41) is 26.3. The second-order valence-electron chi connectivity index (χ2n) is 6.59. The van der Waals surface area contributed by atoms with Crippen LogP contribution in [0.5, 0.6) is 0 Å². The van der Waals surface area contributed by atoms with Gasteiger partial charge in [0.15, 0.2) is 6.23 Å². The van der Waals surface area contributed by atoms with Crippen LogP contribution < -0.4 is 10.6 Å². The maximum Gasteiger partial charge on any atom is 0.163 e. The monoisotopic (exact) mass is 356 g/mol. The molecule has 0 radical (unpaired) electrons. The van der Waals surface area contributed by atoms with Gasteiger partial charge in [0.25, 0.3) is 0 Å². The van der Waals surface area contributed by atoms with E-state index >= 15 is 0 Å². The van der Waals surface area contributed by atoms with Crippen LogP contribution in [0.25, 0.3) is 0 Å². The van der Waals surface area contributed by atoms with Crippen LogP contribution in [0.2, 0.25) is 0 Å². The number of hydrogen-bond acceptors (Lipinski definition) is 6. The number of hydrogen-bond donors (Lipinski definition) is 4. The van der Waals surface area contributed by atoms with Crippen molar-refractivity contribution in [1.82, 2.24) is 15.5 Å². The summed E-state index contributed by atoms with van der Waals surface area (Å²) in [5.74, 6) is 0.867. The molecule has 0 spiro atoms. The van der Waals surface area contributed by atoms with Gasteiger partial charge in [-0.3, -0.25) is 15.6 Å². The standard InChI is InChI=1S/C20H28N4O2/c1-2-21-18(25)13-22-20(26)19-23-16-11-7-8-12-17(16)24(19)14-15-9-5-3-4-6-10-15/h3-12,15-18,20-22,25-26H,2,13-14H2,1H3. The highest BCUT2D eigenvalue weighted by molar-refractivity contribution is 5.89. The van der Waals surface area contributed by atoms with Gasteiger partial charge in [-0.15, -0.1) is 0 Å². The maximum atomic E-state index is 10.6. The van der Waals surface area contributed by atoms with Gasteiger partial charge in [0.05, 0.1) is 12.1 Å². The van der Waals surface area contributed by atoms with Gasteiger partial charge in [0, 0.05) is 19.0 Å². The van der Waals surface area contributed by atoms with Crippen molar-refractivity contribution in [3.63, 3.8) is 0 Å². The van der Waals surface area contributed by atoms with Crippen molar-refractivity contribution in [3.8, 4) is 0 Å². The number of amidine groups is 1. The van der Waals surface area contributed by atoms with Crippen LogP contribution in [-0.4, -0.2) is 65.1 Å². The van der Waals surface area contributed by atoms with Gasteiger partial charge in [-0.1, -0.05) is 67.7 Å². The second kappa shape index (κ2) is 9.09. The van der Waals surface area contributed by atoms with E-state index in [0.29, 0.717) is 12.4 Å². The molecule has 0 aromatic heterocycles. The molecule has 3 rings (SSSR count). The van der Waals surface area contributed by atoms with Crippen LogP contribution in [0.15, 0.2) is 65.8 Å². The summed E-state index contributed by atoms with van der Waals surface area (Å²) in [5.41, 5.74) is 0. The number of fused-ring (bicyclic) bond motifs is 1. The van der Waals surface area contributed by atoms with E-state index in [1.807, 2.05) is 43.4 Å². The molecular weight excluding hydrogens is 328 g/mol. The van der Waals surface area contributed by atoms with E-state index in [4.69, 9.17) is 4.99 Å². The molecule has 26 heavy (non-hydrogen) atoms. The van der Waals surface area contributed by atoms with Gasteiger partial charge in [0.2, 0.25) is 0 Å². The predicted octanol–water partition coefficient (Wildman–Crippen LogP) is 0.698. The Kier molecular flexibility index (Phi) is 6.57. The first-order valence-corrected chi connectivity index (χ1v) is 9.23. The average Bonchev–Trinajstić information content (AvgIpc) is 2.81. The molecule has 4 atom stereocenters. The lowest BCUT2D eigenvalue weighted by Crippen LogP contribution is -2.51. The fraction of sp³-hybridized carbons (Fsp3) is 0.450. The number of likely N-dealkylation sites (N-methyl/N-ethyl adjacent to an activating group) is 1. The summed E-state index contributed by atoms with van der Waals surface area (Å²) in [7, 11) is 0. The lowest BCUT2D eigenvalue weighted by atomic mass is 10.0. The Labute approximate surface area is 155 Å². The summed E-state index contributed by atoms with van der Waals surface area (Å²) in [6.45, 7) is 3.58. The Morgan fingerprint density at radius 2 is 1.69 bits per heavy atom. The zero-order chi connectivity index (χ0) is 18.4. The minimum Gasteiger partial charge on any atom is -0.377 e. The molecule has 0 bridgehead atoms. The summed E-state index contributed by atoms with van der Waals surface area (Å²) in [4.78, 5) is 6.89. The summed E-state index contributed by atoms with van der Waals surface area (Å²) in [6, 6.07) is 0.130. The Morgan fingerprint density at radius 3 is 2.42 bits per heavy atom. The minimum atomic E-state index is -0.924. The van der Waals surface area contributed by atoms with E-state index in [1.54, 1.807) is 0 Å². The number of aliphatic imine (C=N–C) groups is 1. The molecular formula is C20H28N4O2. The number of aliphatic hydroxyl groups excluding tert-OH is 2. The fourth-order valence-corrected chi connectivity index (χ4v) is 3.39. The zero-order valence-corrected chi connectivity index (χ0v) is 15.1. The molecule has 0 saturated heterocycles. The van der Waals surface area contributed by atoms with E-state index in [-0.39, 0.29) is 24.5 Å². The van der Waals surface area contributed by atoms with E-state index < -0.39 is 12.5 Å². The minimum absolute atomic E-state index is 0.0157. The number of nitrogens with zero attached hydrogens (tertiary/aromatic N) is 2. The highest BCUT2D eigenvalue weighted by Gasteiger charge is 2.37. The van der Waals surface area contributed by atoms with Crippen LogP contribution >= 0.6 is 0 Å². The number of allylic oxidation sites excluding steroid dienone is 6. The van der Waals surface area contributed by atoms with Crippen LogP contribution in [0, 0.1) is 5.92 Å². The molecule has 6 heteroatoms. The van der Waals surface area contributed by atoms with E-state index in [9.17, 15) is 10.2 Å². The Hall–Kier alpha value is -1.99. The largest absolute Gasteiger partial charge is 0.377 e. The molecule has 4 unspecified atom stereocenters. The van der Waals surface area contributed by atoms with Gasteiger partial charge in [-0.2, -0.15) is 0 Å². The highest BCUT2D eigenvalue weighted by atomic mass is 16.3. The van der Waals surface area contributed by atoms with Crippen molar-refractivity contribution >= 4 is 5.84 Å². The quantitative estimate of drug-likeness (QED) is 0.482. The molecule has 4 N–H and O–H groups in total. The van der Waals surface area contributed by atoms with Crippen molar-refractivity contribution in [2.24, 2.45) is 10.9 Å². The molecule has 140 valence electrons. The molecule has 0 saturated carbocycles. The first-order valence-electron chi connectivity index (χ1n) is 9.23. The summed E-state index contributed by atoms with van der Waals surface area (Å²) >= 11 is 0. The second-order valence-corrected chi connectivity index (χ2v) is 6.59. The molecule has 0 amide bonds. The molecule has 1 heterocycles. The average molecular weight is 356 g/mol. The molecule has 6 nitrogen and oxygen atoms in total. The molecule has 0 fully saturated rings. The number of nitrogens with one attached hydrogen (secondary N) is 2. The predicted molar refractivity (Wildman–Crippen MR) is 105 cm³/mol. The van der Waals surface area contributed by atoms with Crippen LogP contribution in [0.4, 0.5) is 0 Å². The van der Waals surface area contributed by atoms with Crippen LogP contribution in [0.3, 0.4) is 0 Å². The van der Waals surface area contributed by atoms with E-state index in [1.165, 1.54) is 0 Å². The van der Waals surface area contributed by atoms with Gasteiger partial charge >= 0.3 is 0 Å². The third-order valence-corrected chi connectivity index (χ3v) is 4.66. The van der Waals surface area contributed by atoms with Crippen LogP contribution in [0.1, 0.15) is 6.92 Å². The van der Waals surface area contributed by atoms with Gasteiger partial charge < -0.3 is 15.1 Å². The first kappa shape index (κ1) is 18.8. The lowest BCUT2D eigenvalue weighted by Gasteiger charge is -2.32. The van der Waals surface area contributed by atoms with Crippen molar-refractivity contribution in [2.45, 2.75) is 31.5 Å². The number of rotatable bonds is 8. The SMILES string of the molecule is CCNC(O)CNC(O)C1=NC2C=CC=CC2N1CC1C=CC=CC=C1. The van der Waals surface area contributed by atoms with Gasteiger partial charge in [0.1, 0.15) is 12.1 Å². The molecule has 0 aromatic rings. The lowest BCUT2D eigenvalue weighted by molar-refractivity contribution is 0.108. The maximum absolute atomic E-state index is 10.6. The third kappa shape index (κ3) is 4.59. The first-order chi connectivity index (χ1) is 12.7. The van der Waals surface area contributed by atoms with Gasteiger partial charge in [-0.05, 0) is 6.54 Å². The van der Waals surface area contributed by atoms with Crippen molar-refractivity contribution in [1.29, 1.82) is 0 Å². The Bertz CT molecular complexity index is 634. The smallest absolute Gasteiger partial charge is 0.163 e. The van der Waals surface area contributed by atoms with Crippen molar-refractivity contribution < 1.29 is 10.2 Å². The molecule has 1 aliphatic heterocycles.